The minimum absolute atomic E-state index is 0.00273. The van der Waals surface area contributed by atoms with Crippen LogP contribution in [0.15, 0.2) is 23.6 Å². The van der Waals surface area contributed by atoms with Crippen LogP contribution in [-0.2, 0) is 6.18 Å². The summed E-state index contributed by atoms with van der Waals surface area (Å²) in [6.45, 7) is 0. The molecule has 1 aromatic carbocycles. The van der Waals surface area contributed by atoms with Gasteiger partial charge in [0.2, 0.25) is 0 Å². The summed E-state index contributed by atoms with van der Waals surface area (Å²) in [6.07, 6.45) is -4.59. The molecule has 0 aliphatic carbocycles. The molecule has 0 spiro atoms. The fraction of sp³-hybridized carbons (Fsp3) is 0.0833. The maximum Gasteiger partial charge on any atom is 0.434 e. The number of carboxylic acid groups (broad SMARTS) is 1. The normalized spacial score (nSPS) is 11.1. The van der Waals surface area contributed by atoms with Gasteiger partial charge in [0, 0.05) is 10.9 Å². The summed E-state index contributed by atoms with van der Waals surface area (Å²) >= 11 is 0.676. The second-order valence-corrected chi connectivity index (χ2v) is 4.57. The van der Waals surface area contributed by atoms with Crippen LogP contribution in [0.2, 0.25) is 0 Å². The van der Waals surface area contributed by atoms with Crippen LogP contribution < -0.4 is 0 Å². The summed E-state index contributed by atoms with van der Waals surface area (Å²) in [6, 6.07) is 5.47. The van der Waals surface area contributed by atoms with E-state index in [2.05, 4.69) is 4.98 Å². The second kappa shape index (κ2) is 4.94. The molecular weight excluding hydrogens is 293 g/mol. The van der Waals surface area contributed by atoms with Gasteiger partial charge in [-0.2, -0.15) is 18.4 Å². The number of thiazole rings is 1. The summed E-state index contributed by atoms with van der Waals surface area (Å²) in [5.41, 5.74) is -1.14. The fourth-order valence-corrected chi connectivity index (χ4v) is 2.36. The van der Waals surface area contributed by atoms with Crippen molar-refractivity contribution >= 4 is 17.3 Å². The van der Waals surface area contributed by atoms with Crippen molar-refractivity contribution in [2.75, 3.05) is 0 Å². The van der Waals surface area contributed by atoms with Crippen LogP contribution in [-0.4, -0.2) is 16.1 Å². The van der Waals surface area contributed by atoms with Gasteiger partial charge in [-0.3, -0.25) is 0 Å². The van der Waals surface area contributed by atoms with E-state index < -0.39 is 17.8 Å². The number of benzene rings is 1. The number of carboxylic acids is 1. The molecule has 0 aliphatic heterocycles. The van der Waals surface area contributed by atoms with Crippen LogP contribution in [0, 0.1) is 11.3 Å². The van der Waals surface area contributed by atoms with Gasteiger partial charge < -0.3 is 5.11 Å². The molecule has 0 atom stereocenters. The minimum Gasteiger partial charge on any atom is -0.478 e. The largest absolute Gasteiger partial charge is 0.478 e. The fourth-order valence-electron chi connectivity index (χ4n) is 1.50. The Morgan fingerprint density at radius 3 is 2.60 bits per heavy atom. The van der Waals surface area contributed by atoms with Gasteiger partial charge in [-0.1, -0.05) is 0 Å². The van der Waals surface area contributed by atoms with E-state index in [4.69, 9.17) is 10.4 Å². The van der Waals surface area contributed by atoms with Crippen LogP contribution in [0.3, 0.4) is 0 Å². The number of alkyl halides is 3. The van der Waals surface area contributed by atoms with Gasteiger partial charge in [0.1, 0.15) is 5.01 Å². The molecule has 0 fully saturated rings. The maximum atomic E-state index is 12.5. The predicted molar refractivity (Wildman–Crippen MR) is 64.2 cm³/mol. The zero-order valence-electron chi connectivity index (χ0n) is 9.60. The standard InChI is InChI=1S/C12H5F3N2O2S/c13-12(14,15)9-5-20-10(17-9)8-3-6(4-16)1-2-7(8)11(18)19/h1-3,5H,(H,18,19). The third-order valence-corrected chi connectivity index (χ3v) is 3.28. The number of hydrogen-bond acceptors (Lipinski definition) is 4. The van der Waals surface area contributed by atoms with Crippen molar-refractivity contribution in [3.8, 4) is 16.6 Å². The number of rotatable bonds is 2. The van der Waals surface area contributed by atoms with Gasteiger partial charge in [-0.15, -0.1) is 11.3 Å². The zero-order chi connectivity index (χ0) is 14.9. The van der Waals surface area contributed by atoms with Crippen LogP contribution in [0.1, 0.15) is 21.6 Å². The Hall–Kier alpha value is -2.40. The Balaban J connectivity index is 2.59. The van der Waals surface area contributed by atoms with Gasteiger partial charge in [-0.05, 0) is 18.2 Å². The van der Waals surface area contributed by atoms with Crippen LogP contribution in [0.4, 0.5) is 13.2 Å². The minimum atomic E-state index is -4.59. The molecule has 20 heavy (non-hydrogen) atoms. The van der Waals surface area contributed by atoms with Crippen molar-refractivity contribution in [2.24, 2.45) is 0 Å². The highest BCUT2D eigenvalue weighted by Crippen LogP contribution is 2.35. The lowest BCUT2D eigenvalue weighted by Crippen LogP contribution is -2.05. The van der Waals surface area contributed by atoms with Gasteiger partial charge in [0.25, 0.3) is 0 Å². The summed E-state index contributed by atoms with van der Waals surface area (Å²) in [7, 11) is 0. The molecule has 0 saturated heterocycles. The summed E-state index contributed by atoms with van der Waals surface area (Å²) in [5.74, 6) is -1.30. The molecule has 2 aromatic rings. The highest BCUT2D eigenvalue weighted by atomic mass is 32.1. The van der Waals surface area contributed by atoms with E-state index in [1.54, 1.807) is 6.07 Å². The SMILES string of the molecule is N#Cc1ccc(C(=O)O)c(-c2nc(C(F)(F)F)cs2)c1. The quantitative estimate of drug-likeness (QED) is 0.922. The molecular formula is C12H5F3N2O2S. The van der Waals surface area contributed by atoms with Gasteiger partial charge in [-0.25, -0.2) is 9.78 Å². The molecule has 1 heterocycles. The van der Waals surface area contributed by atoms with Crippen molar-refractivity contribution in [3.63, 3.8) is 0 Å². The van der Waals surface area contributed by atoms with E-state index in [0.29, 0.717) is 11.3 Å². The van der Waals surface area contributed by atoms with Gasteiger partial charge in [0.05, 0.1) is 17.2 Å². The monoisotopic (exact) mass is 298 g/mol. The first kappa shape index (κ1) is 14.0. The van der Waals surface area contributed by atoms with E-state index in [0.717, 1.165) is 5.38 Å². The summed E-state index contributed by atoms with van der Waals surface area (Å²) < 4.78 is 37.5. The lowest BCUT2D eigenvalue weighted by molar-refractivity contribution is -0.140. The Bertz CT molecular complexity index is 716. The Kier molecular flexibility index (Phi) is 3.46. The van der Waals surface area contributed by atoms with Crippen LogP contribution in [0.25, 0.3) is 10.6 Å². The van der Waals surface area contributed by atoms with E-state index in [-0.39, 0.29) is 21.7 Å². The molecule has 0 radical (unpaired) electrons. The van der Waals surface area contributed by atoms with Crippen LogP contribution >= 0.6 is 11.3 Å². The van der Waals surface area contributed by atoms with Gasteiger partial charge >= 0.3 is 12.1 Å². The molecule has 102 valence electrons. The first-order valence-electron chi connectivity index (χ1n) is 5.13. The molecule has 1 aromatic heterocycles. The number of aromatic carboxylic acids is 1. The smallest absolute Gasteiger partial charge is 0.434 e. The third-order valence-electron chi connectivity index (χ3n) is 2.40. The molecule has 0 amide bonds. The predicted octanol–water partition coefficient (Wildman–Crippen LogP) is 3.40. The highest BCUT2D eigenvalue weighted by molar-refractivity contribution is 7.13. The number of carbonyl (C=O) groups is 1. The zero-order valence-corrected chi connectivity index (χ0v) is 10.4. The maximum absolute atomic E-state index is 12.5. The molecule has 4 nitrogen and oxygen atoms in total. The lowest BCUT2D eigenvalue weighted by atomic mass is 10.0. The van der Waals surface area contributed by atoms with Crippen molar-refractivity contribution < 1.29 is 23.1 Å². The van der Waals surface area contributed by atoms with Crippen molar-refractivity contribution in [3.05, 3.63) is 40.4 Å². The van der Waals surface area contributed by atoms with E-state index in [1.165, 1.54) is 18.2 Å². The lowest BCUT2D eigenvalue weighted by Gasteiger charge is -2.04. The number of aromatic nitrogens is 1. The van der Waals surface area contributed by atoms with Gasteiger partial charge in [0.15, 0.2) is 5.69 Å². The van der Waals surface area contributed by atoms with E-state index in [1.807, 2.05) is 0 Å². The highest BCUT2D eigenvalue weighted by Gasteiger charge is 2.34. The topological polar surface area (TPSA) is 74.0 Å². The first-order valence-corrected chi connectivity index (χ1v) is 6.01. The number of nitrogens with zero attached hydrogens (tertiary/aromatic N) is 2. The Morgan fingerprint density at radius 1 is 1.40 bits per heavy atom. The second-order valence-electron chi connectivity index (χ2n) is 3.71. The molecule has 1 N–H and O–H groups in total. The Morgan fingerprint density at radius 2 is 2.10 bits per heavy atom. The van der Waals surface area contributed by atoms with E-state index >= 15 is 0 Å². The summed E-state index contributed by atoms with van der Waals surface area (Å²) in [5, 5.41) is 18.5. The third kappa shape index (κ3) is 2.62. The van der Waals surface area contributed by atoms with Crippen LogP contribution in [0.5, 0.6) is 0 Å². The number of nitriles is 1. The van der Waals surface area contributed by atoms with Crippen molar-refractivity contribution in [1.82, 2.24) is 4.98 Å². The average molecular weight is 298 g/mol. The first-order chi connectivity index (χ1) is 9.32. The average Bonchev–Trinajstić information content (AvgIpc) is 2.87. The number of halogens is 3. The molecule has 2 rings (SSSR count). The Labute approximate surface area is 114 Å². The molecule has 8 heteroatoms. The molecule has 0 bridgehead atoms. The molecule has 0 unspecified atom stereocenters. The summed E-state index contributed by atoms with van der Waals surface area (Å²) in [4.78, 5) is 14.5. The number of hydrogen-bond donors (Lipinski definition) is 1. The molecule has 0 aliphatic rings. The van der Waals surface area contributed by atoms with Crippen molar-refractivity contribution in [2.45, 2.75) is 6.18 Å². The van der Waals surface area contributed by atoms with Crippen molar-refractivity contribution in [1.29, 1.82) is 5.26 Å². The van der Waals surface area contributed by atoms with E-state index in [9.17, 15) is 18.0 Å². The molecule has 0 saturated carbocycles.